The third-order valence-electron chi connectivity index (χ3n) is 3.76. The van der Waals surface area contributed by atoms with Gasteiger partial charge < -0.3 is 10.1 Å². The monoisotopic (exact) mass is 371 g/mol. The summed E-state index contributed by atoms with van der Waals surface area (Å²) in [5.41, 5.74) is -0.225. The van der Waals surface area contributed by atoms with Gasteiger partial charge in [0.05, 0.1) is 18.5 Å². The molecule has 138 valence electrons. The van der Waals surface area contributed by atoms with Gasteiger partial charge in [0.2, 0.25) is 5.91 Å². The predicted octanol–water partition coefficient (Wildman–Crippen LogP) is 2.84. The molecular weight excluding hydrogens is 356 g/mol. The van der Waals surface area contributed by atoms with E-state index in [1.165, 1.54) is 49.6 Å². The number of aromatic nitrogens is 2. The first-order chi connectivity index (χ1) is 13.0. The number of ether oxygens (including phenoxy) is 1. The molecule has 0 saturated carbocycles. The largest absolute Gasteiger partial charge is 0.497 e. The number of carbonyl (C=O) groups is 1. The van der Waals surface area contributed by atoms with Crippen molar-refractivity contribution in [3.8, 4) is 17.0 Å². The van der Waals surface area contributed by atoms with E-state index in [-0.39, 0.29) is 16.9 Å². The maximum Gasteiger partial charge on any atom is 0.267 e. The quantitative estimate of drug-likeness (QED) is 0.749. The zero-order valence-corrected chi connectivity index (χ0v) is 14.3. The summed E-state index contributed by atoms with van der Waals surface area (Å²) in [5.74, 6) is -1.47. The molecule has 3 rings (SSSR count). The summed E-state index contributed by atoms with van der Waals surface area (Å²) >= 11 is 0. The minimum absolute atomic E-state index is 0.00657. The van der Waals surface area contributed by atoms with Gasteiger partial charge in [0.15, 0.2) is 0 Å². The van der Waals surface area contributed by atoms with E-state index < -0.39 is 29.6 Å². The van der Waals surface area contributed by atoms with Crippen molar-refractivity contribution in [3.05, 3.63) is 76.6 Å². The molecule has 1 aromatic heterocycles. The summed E-state index contributed by atoms with van der Waals surface area (Å²) in [6, 6.07) is 12.4. The molecule has 0 aliphatic carbocycles. The fourth-order valence-corrected chi connectivity index (χ4v) is 2.42. The van der Waals surface area contributed by atoms with Crippen molar-refractivity contribution < 1.29 is 18.3 Å². The number of nitrogens with zero attached hydrogens (tertiary/aromatic N) is 2. The van der Waals surface area contributed by atoms with Gasteiger partial charge in [-0.1, -0.05) is 12.1 Å². The molecule has 27 heavy (non-hydrogen) atoms. The van der Waals surface area contributed by atoms with E-state index >= 15 is 0 Å². The molecule has 8 heteroatoms. The highest BCUT2D eigenvalue weighted by Crippen LogP contribution is 2.24. The summed E-state index contributed by atoms with van der Waals surface area (Å²) in [6.07, 6.45) is 0. The van der Waals surface area contributed by atoms with Crippen molar-refractivity contribution in [3.63, 3.8) is 0 Å². The zero-order chi connectivity index (χ0) is 19.4. The van der Waals surface area contributed by atoms with Gasteiger partial charge in [0.1, 0.15) is 23.9 Å². The predicted molar refractivity (Wildman–Crippen MR) is 95.5 cm³/mol. The average molecular weight is 371 g/mol. The molecule has 0 aliphatic rings. The highest BCUT2D eigenvalue weighted by Gasteiger charge is 2.12. The van der Waals surface area contributed by atoms with E-state index in [1.807, 2.05) is 0 Å². The van der Waals surface area contributed by atoms with Crippen molar-refractivity contribution >= 4 is 11.6 Å². The molecule has 6 nitrogen and oxygen atoms in total. The Hall–Kier alpha value is -3.55. The topological polar surface area (TPSA) is 73.2 Å². The van der Waals surface area contributed by atoms with Crippen LogP contribution in [0.1, 0.15) is 0 Å². The molecule has 0 aliphatic heterocycles. The molecule has 0 atom stereocenters. The number of amides is 1. The lowest BCUT2D eigenvalue weighted by Crippen LogP contribution is -2.29. The van der Waals surface area contributed by atoms with Crippen molar-refractivity contribution in [1.82, 2.24) is 9.78 Å². The number of hydrogen-bond donors (Lipinski definition) is 1. The summed E-state index contributed by atoms with van der Waals surface area (Å²) in [5, 5.41) is 6.40. The number of anilines is 1. The van der Waals surface area contributed by atoms with E-state index in [0.29, 0.717) is 5.75 Å². The molecule has 1 amide bonds. The molecule has 0 radical (unpaired) electrons. The second kappa shape index (κ2) is 7.77. The highest BCUT2D eigenvalue weighted by atomic mass is 19.1. The van der Waals surface area contributed by atoms with Crippen LogP contribution in [-0.2, 0) is 11.3 Å². The Bertz CT molecular complexity index is 1050. The number of para-hydroxylation sites is 1. The van der Waals surface area contributed by atoms with Gasteiger partial charge in [-0.05, 0) is 30.3 Å². The highest BCUT2D eigenvalue weighted by molar-refractivity contribution is 5.90. The lowest BCUT2D eigenvalue weighted by Gasteiger charge is -2.10. The van der Waals surface area contributed by atoms with Crippen molar-refractivity contribution in [2.45, 2.75) is 6.54 Å². The SMILES string of the molecule is COc1ccc(-c2ccc(=O)n(CC(=O)Nc3ccccc3F)n2)c(F)c1. The van der Waals surface area contributed by atoms with Gasteiger partial charge in [-0.2, -0.15) is 5.10 Å². The third kappa shape index (κ3) is 4.17. The molecule has 2 aromatic carbocycles. The maximum absolute atomic E-state index is 14.2. The molecule has 0 saturated heterocycles. The molecule has 0 fully saturated rings. The summed E-state index contributed by atoms with van der Waals surface area (Å²) in [6.45, 7) is -0.446. The number of nitrogens with one attached hydrogen (secondary N) is 1. The maximum atomic E-state index is 14.2. The lowest BCUT2D eigenvalue weighted by atomic mass is 10.1. The standard InChI is InChI=1S/C19H15F2N3O3/c1-27-12-6-7-13(15(21)10-12)16-8-9-19(26)24(23-16)11-18(25)22-17-5-3-2-4-14(17)20/h2-10H,11H2,1H3,(H,22,25). The van der Waals surface area contributed by atoms with Crippen LogP contribution in [-0.4, -0.2) is 22.8 Å². The van der Waals surface area contributed by atoms with Crippen molar-refractivity contribution in [2.24, 2.45) is 0 Å². The summed E-state index contributed by atoms with van der Waals surface area (Å²) in [4.78, 5) is 24.1. The van der Waals surface area contributed by atoms with Gasteiger partial charge in [-0.25, -0.2) is 13.5 Å². The Balaban J connectivity index is 1.85. The van der Waals surface area contributed by atoms with Gasteiger partial charge >= 0.3 is 0 Å². The number of rotatable bonds is 5. The van der Waals surface area contributed by atoms with E-state index in [4.69, 9.17) is 4.74 Å². The van der Waals surface area contributed by atoms with Crippen LogP contribution in [0.15, 0.2) is 59.4 Å². The molecular formula is C19H15F2N3O3. The van der Waals surface area contributed by atoms with Crippen LogP contribution in [0, 0.1) is 11.6 Å². The van der Waals surface area contributed by atoms with Gasteiger partial charge in [-0.3, -0.25) is 9.59 Å². The average Bonchev–Trinajstić information content (AvgIpc) is 2.65. The van der Waals surface area contributed by atoms with Crippen molar-refractivity contribution in [2.75, 3.05) is 12.4 Å². The Morgan fingerprint density at radius 1 is 1.11 bits per heavy atom. The molecule has 0 spiro atoms. The van der Waals surface area contributed by atoms with Crippen LogP contribution < -0.4 is 15.6 Å². The molecule has 1 heterocycles. The van der Waals surface area contributed by atoms with Crippen LogP contribution in [0.2, 0.25) is 0 Å². The fraction of sp³-hybridized carbons (Fsp3) is 0.105. The Morgan fingerprint density at radius 2 is 1.89 bits per heavy atom. The number of carbonyl (C=O) groups excluding carboxylic acids is 1. The third-order valence-corrected chi connectivity index (χ3v) is 3.76. The van der Waals surface area contributed by atoms with E-state index in [9.17, 15) is 18.4 Å². The first-order valence-corrected chi connectivity index (χ1v) is 7.94. The van der Waals surface area contributed by atoms with E-state index in [2.05, 4.69) is 10.4 Å². The second-order valence-corrected chi connectivity index (χ2v) is 5.59. The summed E-state index contributed by atoms with van der Waals surface area (Å²) < 4.78 is 33.7. The Labute approximate surface area is 153 Å². The zero-order valence-electron chi connectivity index (χ0n) is 14.3. The van der Waals surface area contributed by atoms with Crippen LogP contribution in [0.3, 0.4) is 0 Å². The van der Waals surface area contributed by atoms with Crippen LogP contribution in [0.5, 0.6) is 5.75 Å². The van der Waals surface area contributed by atoms with Crippen LogP contribution in [0.25, 0.3) is 11.3 Å². The smallest absolute Gasteiger partial charge is 0.267 e. The Kier molecular flexibility index (Phi) is 5.25. The molecule has 3 aromatic rings. The number of hydrogen-bond acceptors (Lipinski definition) is 4. The summed E-state index contributed by atoms with van der Waals surface area (Å²) in [7, 11) is 1.42. The minimum Gasteiger partial charge on any atom is -0.497 e. The van der Waals surface area contributed by atoms with E-state index in [0.717, 1.165) is 4.68 Å². The van der Waals surface area contributed by atoms with Gasteiger partial charge in [0.25, 0.3) is 5.56 Å². The van der Waals surface area contributed by atoms with Crippen LogP contribution in [0.4, 0.5) is 14.5 Å². The van der Waals surface area contributed by atoms with Gasteiger partial charge in [0, 0.05) is 17.7 Å². The van der Waals surface area contributed by atoms with Crippen molar-refractivity contribution in [1.29, 1.82) is 0 Å². The molecule has 0 unspecified atom stereocenters. The number of halogens is 2. The number of methoxy groups -OCH3 is 1. The molecule has 1 N–H and O–H groups in total. The molecule has 0 bridgehead atoms. The van der Waals surface area contributed by atoms with Crippen LogP contribution >= 0.6 is 0 Å². The fourth-order valence-electron chi connectivity index (χ4n) is 2.42. The first kappa shape index (κ1) is 18.2. The van der Waals surface area contributed by atoms with E-state index in [1.54, 1.807) is 12.1 Å². The second-order valence-electron chi connectivity index (χ2n) is 5.59. The minimum atomic E-state index is -0.637. The normalized spacial score (nSPS) is 10.5. The lowest BCUT2D eigenvalue weighted by molar-refractivity contribution is -0.117. The van der Waals surface area contributed by atoms with Gasteiger partial charge in [-0.15, -0.1) is 0 Å². The first-order valence-electron chi connectivity index (χ1n) is 7.94. The number of benzene rings is 2. The Morgan fingerprint density at radius 3 is 2.59 bits per heavy atom.